The van der Waals surface area contributed by atoms with Gasteiger partial charge in [0.15, 0.2) is 11.5 Å². The van der Waals surface area contributed by atoms with Crippen molar-refractivity contribution in [2.75, 3.05) is 19.7 Å². The average molecular weight is 332 g/mol. The smallest absolute Gasteiger partial charge is 0.310 e. The van der Waals surface area contributed by atoms with E-state index in [4.69, 9.17) is 13.7 Å². The van der Waals surface area contributed by atoms with Gasteiger partial charge in [-0.25, -0.2) is 0 Å². The minimum Gasteiger partial charge on any atom is -0.466 e. The molecule has 0 spiro atoms. The molecule has 3 rings (SSSR count). The normalized spacial score (nSPS) is 17.8. The maximum atomic E-state index is 13.0. The molecule has 0 saturated carbocycles. The van der Waals surface area contributed by atoms with Gasteiger partial charge in [0.1, 0.15) is 11.3 Å². The Labute approximate surface area is 139 Å². The summed E-state index contributed by atoms with van der Waals surface area (Å²) in [5, 5.41) is 3.95. The second kappa shape index (κ2) is 6.90. The predicted molar refractivity (Wildman–Crippen MR) is 84.2 cm³/mol. The van der Waals surface area contributed by atoms with Gasteiger partial charge >= 0.3 is 5.97 Å². The third-order valence-corrected chi connectivity index (χ3v) is 4.16. The van der Waals surface area contributed by atoms with Gasteiger partial charge in [-0.1, -0.05) is 5.16 Å². The summed E-state index contributed by atoms with van der Waals surface area (Å²) in [4.78, 5) is 26.6. The number of carbonyl (C=O) groups is 2. The summed E-state index contributed by atoms with van der Waals surface area (Å²) in [5.74, 6) is 0.186. The van der Waals surface area contributed by atoms with Gasteiger partial charge in [-0.2, -0.15) is 0 Å². The Bertz CT molecular complexity index is 719. The Kier molecular flexibility index (Phi) is 4.69. The van der Waals surface area contributed by atoms with Crippen LogP contribution in [0.4, 0.5) is 0 Å². The molecule has 24 heavy (non-hydrogen) atoms. The van der Waals surface area contributed by atoms with Crippen molar-refractivity contribution in [2.24, 2.45) is 5.92 Å². The van der Waals surface area contributed by atoms with Crippen molar-refractivity contribution in [1.82, 2.24) is 10.1 Å². The highest BCUT2D eigenvalue weighted by molar-refractivity contribution is 6.00. The van der Waals surface area contributed by atoms with Crippen molar-refractivity contribution < 1.29 is 23.3 Å². The molecule has 0 radical (unpaired) electrons. The van der Waals surface area contributed by atoms with E-state index in [1.54, 1.807) is 30.9 Å². The second-order valence-electron chi connectivity index (χ2n) is 5.78. The topological polar surface area (TPSA) is 85.8 Å². The van der Waals surface area contributed by atoms with E-state index < -0.39 is 0 Å². The van der Waals surface area contributed by atoms with Gasteiger partial charge in [0.05, 0.1) is 18.8 Å². The lowest BCUT2D eigenvalue weighted by atomic mass is 9.97. The van der Waals surface area contributed by atoms with Gasteiger partial charge in [-0.3, -0.25) is 9.59 Å². The van der Waals surface area contributed by atoms with Gasteiger partial charge in [0, 0.05) is 13.1 Å². The fourth-order valence-corrected chi connectivity index (χ4v) is 2.98. The van der Waals surface area contributed by atoms with Gasteiger partial charge in [0.25, 0.3) is 5.91 Å². The van der Waals surface area contributed by atoms with Crippen molar-refractivity contribution in [3.63, 3.8) is 0 Å². The minimum absolute atomic E-state index is 0.200. The van der Waals surface area contributed by atoms with E-state index in [2.05, 4.69) is 5.16 Å². The van der Waals surface area contributed by atoms with Crippen molar-refractivity contribution >= 4 is 11.9 Å². The van der Waals surface area contributed by atoms with Gasteiger partial charge in [-0.05, 0) is 38.8 Å². The highest BCUT2D eigenvalue weighted by Gasteiger charge is 2.33. The Hall–Kier alpha value is -2.57. The number of furan rings is 1. The number of esters is 1. The molecule has 7 nitrogen and oxygen atoms in total. The molecule has 0 aliphatic carbocycles. The standard InChI is InChI=1S/C17H20N2O5/c1-3-22-17(21)12-6-4-8-19(10-12)16(20)14-11(2)24-18-15(14)13-7-5-9-23-13/h5,7,9,12H,3-4,6,8,10H2,1-2H3. The van der Waals surface area contributed by atoms with E-state index in [9.17, 15) is 9.59 Å². The SMILES string of the molecule is CCOC(=O)C1CCCN(C(=O)c2c(-c3ccco3)noc2C)C1. The highest BCUT2D eigenvalue weighted by Crippen LogP contribution is 2.28. The molecule has 1 saturated heterocycles. The number of aryl methyl sites for hydroxylation is 1. The van der Waals surface area contributed by atoms with Gasteiger partial charge < -0.3 is 18.6 Å². The van der Waals surface area contributed by atoms with E-state index in [0.717, 1.165) is 12.8 Å². The molecule has 7 heteroatoms. The molecule has 128 valence electrons. The number of aromatic nitrogens is 1. The molecule has 2 aromatic rings. The molecular weight excluding hydrogens is 312 g/mol. The van der Waals surface area contributed by atoms with E-state index in [0.29, 0.717) is 42.5 Å². The molecule has 3 heterocycles. The predicted octanol–water partition coefficient (Wildman–Crippen LogP) is 2.66. The van der Waals surface area contributed by atoms with Crippen molar-refractivity contribution in [3.05, 3.63) is 29.7 Å². The first-order chi connectivity index (χ1) is 11.6. The average Bonchev–Trinajstić information content (AvgIpc) is 3.24. The molecule has 1 amide bonds. The lowest BCUT2D eigenvalue weighted by Gasteiger charge is -2.31. The van der Waals surface area contributed by atoms with Crippen LogP contribution in [0.1, 0.15) is 35.9 Å². The minimum atomic E-state index is -0.283. The first-order valence-electron chi connectivity index (χ1n) is 8.07. The molecule has 1 fully saturated rings. The molecule has 1 aliphatic rings. The summed E-state index contributed by atoms with van der Waals surface area (Å²) in [6, 6.07) is 3.46. The first-order valence-corrected chi connectivity index (χ1v) is 8.07. The van der Waals surface area contributed by atoms with Crippen LogP contribution in [0.25, 0.3) is 11.5 Å². The molecule has 0 bridgehead atoms. The van der Waals surface area contributed by atoms with Crippen LogP contribution in [0.5, 0.6) is 0 Å². The Morgan fingerprint density at radius 2 is 2.29 bits per heavy atom. The van der Waals surface area contributed by atoms with Crippen LogP contribution in [0, 0.1) is 12.8 Å². The number of hydrogen-bond donors (Lipinski definition) is 0. The number of carbonyl (C=O) groups excluding carboxylic acids is 2. The first kappa shape index (κ1) is 16.3. The van der Waals surface area contributed by atoms with Crippen LogP contribution in [0.15, 0.2) is 27.3 Å². The monoisotopic (exact) mass is 332 g/mol. The van der Waals surface area contributed by atoms with E-state index in [1.165, 1.54) is 6.26 Å². The molecule has 2 aromatic heterocycles. The summed E-state index contributed by atoms with van der Waals surface area (Å²) < 4.78 is 15.6. The third kappa shape index (κ3) is 3.06. The molecule has 1 unspecified atom stereocenters. The van der Waals surface area contributed by atoms with Crippen molar-refractivity contribution in [2.45, 2.75) is 26.7 Å². The Balaban J connectivity index is 1.82. The molecule has 1 aliphatic heterocycles. The van der Waals surface area contributed by atoms with Crippen LogP contribution in [0.3, 0.4) is 0 Å². The maximum absolute atomic E-state index is 13.0. The Morgan fingerprint density at radius 1 is 1.46 bits per heavy atom. The summed E-state index contributed by atoms with van der Waals surface area (Å²) in [7, 11) is 0. The highest BCUT2D eigenvalue weighted by atomic mass is 16.5. The number of amides is 1. The van der Waals surface area contributed by atoms with Crippen LogP contribution in [-0.2, 0) is 9.53 Å². The van der Waals surface area contributed by atoms with Crippen molar-refractivity contribution in [3.8, 4) is 11.5 Å². The van der Waals surface area contributed by atoms with Crippen LogP contribution in [-0.4, -0.2) is 41.6 Å². The zero-order valence-corrected chi connectivity index (χ0v) is 13.8. The lowest BCUT2D eigenvalue weighted by Crippen LogP contribution is -2.43. The molecule has 0 aromatic carbocycles. The fourth-order valence-electron chi connectivity index (χ4n) is 2.98. The second-order valence-corrected chi connectivity index (χ2v) is 5.78. The van der Waals surface area contributed by atoms with Gasteiger partial charge in [0.2, 0.25) is 0 Å². The number of likely N-dealkylation sites (tertiary alicyclic amines) is 1. The lowest BCUT2D eigenvalue weighted by molar-refractivity contribution is -0.149. The van der Waals surface area contributed by atoms with Crippen LogP contribution < -0.4 is 0 Å². The number of ether oxygens (including phenoxy) is 1. The molecule has 0 N–H and O–H groups in total. The van der Waals surface area contributed by atoms with Crippen LogP contribution >= 0.6 is 0 Å². The number of hydrogen-bond acceptors (Lipinski definition) is 6. The van der Waals surface area contributed by atoms with E-state index >= 15 is 0 Å². The fraction of sp³-hybridized carbons (Fsp3) is 0.471. The zero-order chi connectivity index (χ0) is 17.1. The quantitative estimate of drug-likeness (QED) is 0.800. The van der Waals surface area contributed by atoms with Crippen LogP contribution in [0.2, 0.25) is 0 Å². The summed E-state index contributed by atoms with van der Waals surface area (Å²) in [5.41, 5.74) is 0.773. The van der Waals surface area contributed by atoms with Crippen molar-refractivity contribution in [1.29, 1.82) is 0 Å². The number of piperidine rings is 1. The third-order valence-electron chi connectivity index (χ3n) is 4.16. The number of nitrogens with zero attached hydrogens (tertiary/aromatic N) is 2. The summed E-state index contributed by atoms with van der Waals surface area (Å²) in [6.07, 6.45) is 3.01. The number of rotatable bonds is 4. The largest absolute Gasteiger partial charge is 0.466 e. The summed E-state index contributed by atoms with van der Waals surface area (Å²) >= 11 is 0. The molecule has 1 atom stereocenters. The maximum Gasteiger partial charge on any atom is 0.310 e. The van der Waals surface area contributed by atoms with E-state index in [1.807, 2.05) is 0 Å². The molecular formula is C17H20N2O5. The summed E-state index contributed by atoms with van der Waals surface area (Å²) in [6.45, 7) is 4.76. The zero-order valence-electron chi connectivity index (χ0n) is 13.8. The van der Waals surface area contributed by atoms with E-state index in [-0.39, 0.29) is 17.8 Å². The van der Waals surface area contributed by atoms with Gasteiger partial charge in [-0.15, -0.1) is 0 Å². The Morgan fingerprint density at radius 3 is 3.00 bits per heavy atom.